The average Bonchev–Trinajstić information content (AvgIpc) is 2.73. The third-order valence-corrected chi connectivity index (χ3v) is 1.92. The summed E-state index contributed by atoms with van der Waals surface area (Å²) in [6, 6.07) is 0. The number of aromatic nitrogens is 4. The first-order valence-corrected chi connectivity index (χ1v) is 4.86. The van der Waals surface area contributed by atoms with E-state index in [0.717, 1.165) is 11.9 Å². The van der Waals surface area contributed by atoms with E-state index in [1.165, 1.54) is 0 Å². The lowest BCUT2D eigenvalue weighted by molar-refractivity contribution is 0.309. The van der Waals surface area contributed by atoms with Crippen LogP contribution < -0.4 is 10.1 Å². The number of H-pyrrole nitrogens is 1. The van der Waals surface area contributed by atoms with E-state index in [0.29, 0.717) is 24.1 Å². The van der Waals surface area contributed by atoms with Crippen LogP contribution in [-0.2, 0) is 0 Å². The Labute approximate surface area is 87.1 Å². The van der Waals surface area contributed by atoms with Gasteiger partial charge in [0.1, 0.15) is 5.52 Å². The molecule has 2 aromatic rings. The fourth-order valence-electron chi connectivity index (χ4n) is 1.22. The summed E-state index contributed by atoms with van der Waals surface area (Å²) in [6.07, 6.45) is 2.52. The molecule has 6 nitrogen and oxygen atoms in total. The Morgan fingerprint density at radius 2 is 2.33 bits per heavy atom. The van der Waals surface area contributed by atoms with Crippen molar-refractivity contribution in [1.82, 2.24) is 19.9 Å². The molecule has 15 heavy (non-hydrogen) atoms. The molecule has 2 rings (SSSR count). The van der Waals surface area contributed by atoms with Crippen molar-refractivity contribution in [3.05, 3.63) is 6.33 Å². The Kier molecular flexibility index (Phi) is 2.66. The molecule has 0 unspecified atom stereocenters. The number of hydrogen-bond donors (Lipinski definition) is 2. The molecular weight excluding hydrogens is 194 g/mol. The zero-order valence-electron chi connectivity index (χ0n) is 8.74. The normalized spacial score (nSPS) is 10.5. The Bertz CT molecular complexity index is 453. The molecule has 2 aromatic heterocycles. The number of ether oxygens (including phenoxy) is 1. The van der Waals surface area contributed by atoms with Crippen LogP contribution in [0.3, 0.4) is 0 Å². The van der Waals surface area contributed by atoms with Crippen molar-refractivity contribution in [3.63, 3.8) is 0 Å². The van der Waals surface area contributed by atoms with E-state index >= 15 is 0 Å². The van der Waals surface area contributed by atoms with Gasteiger partial charge >= 0.3 is 0 Å². The zero-order chi connectivity index (χ0) is 10.7. The lowest BCUT2D eigenvalue weighted by atomic mass is 10.5. The summed E-state index contributed by atoms with van der Waals surface area (Å²) >= 11 is 0. The number of fused-ring (bicyclic) bond motifs is 1. The van der Waals surface area contributed by atoms with Crippen LogP contribution in [0, 0.1) is 0 Å². The smallest absolute Gasteiger partial charge is 0.245 e. The molecule has 0 bridgehead atoms. The zero-order valence-corrected chi connectivity index (χ0v) is 8.74. The lowest BCUT2D eigenvalue weighted by Gasteiger charge is -2.05. The summed E-state index contributed by atoms with van der Waals surface area (Å²) < 4.78 is 5.51. The van der Waals surface area contributed by atoms with E-state index in [2.05, 4.69) is 25.3 Å². The highest BCUT2D eigenvalue weighted by molar-refractivity contribution is 5.76. The standard InChI is InChI=1S/C9H13N5O/c1-3-4-15-8-6-7(12-5-11-6)13-9(10-2)14-8/h5H,3-4H2,1-2H3,(H2,10,11,12,13,14). The molecule has 0 radical (unpaired) electrons. The van der Waals surface area contributed by atoms with Crippen LogP contribution >= 0.6 is 0 Å². The monoisotopic (exact) mass is 207 g/mol. The van der Waals surface area contributed by atoms with Crippen molar-refractivity contribution in [1.29, 1.82) is 0 Å². The molecule has 0 atom stereocenters. The Hall–Kier alpha value is -1.85. The number of anilines is 1. The minimum atomic E-state index is 0.515. The van der Waals surface area contributed by atoms with Gasteiger partial charge in [0.25, 0.3) is 0 Å². The Morgan fingerprint density at radius 1 is 1.47 bits per heavy atom. The van der Waals surface area contributed by atoms with Gasteiger partial charge in [-0.05, 0) is 6.42 Å². The van der Waals surface area contributed by atoms with Gasteiger partial charge in [-0.1, -0.05) is 6.92 Å². The fraction of sp³-hybridized carbons (Fsp3) is 0.444. The van der Waals surface area contributed by atoms with Gasteiger partial charge in [-0.25, -0.2) is 4.98 Å². The van der Waals surface area contributed by atoms with Crippen molar-refractivity contribution < 1.29 is 4.74 Å². The first kappa shape index (κ1) is 9.70. The number of hydrogen-bond acceptors (Lipinski definition) is 5. The van der Waals surface area contributed by atoms with Gasteiger partial charge in [0.05, 0.1) is 12.9 Å². The highest BCUT2D eigenvalue weighted by atomic mass is 16.5. The van der Waals surface area contributed by atoms with Crippen LogP contribution in [0.25, 0.3) is 11.2 Å². The van der Waals surface area contributed by atoms with E-state index in [9.17, 15) is 0 Å². The molecule has 0 saturated heterocycles. The third-order valence-electron chi connectivity index (χ3n) is 1.92. The molecular formula is C9H13N5O. The maximum absolute atomic E-state index is 5.51. The number of rotatable bonds is 4. The average molecular weight is 207 g/mol. The summed E-state index contributed by atoms with van der Waals surface area (Å²) in [5, 5.41) is 2.87. The van der Waals surface area contributed by atoms with Crippen LogP contribution in [0.15, 0.2) is 6.33 Å². The second-order valence-electron chi connectivity index (χ2n) is 3.05. The predicted molar refractivity (Wildman–Crippen MR) is 57.0 cm³/mol. The van der Waals surface area contributed by atoms with Crippen molar-refractivity contribution in [2.75, 3.05) is 19.0 Å². The summed E-state index contributed by atoms with van der Waals surface area (Å²) in [4.78, 5) is 15.4. The van der Waals surface area contributed by atoms with Crippen molar-refractivity contribution in [2.24, 2.45) is 0 Å². The lowest BCUT2D eigenvalue weighted by Crippen LogP contribution is -2.02. The third kappa shape index (κ3) is 1.83. The highest BCUT2D eigenvalue weighted by Crippen LogP contribution is 2.20. The van der Waals surface area contributed by atoms with Crippen molar-refractivity contribution in [2.45, 2.75) is 13.3 Å². The van der Waals surface area contributed by atoms with E-state index in [1.54, 1.807) is 13.4 Å². The maximum atomic E-state index is 5.51. The summed E-state index contributed by atoms with van der Waals surface area (Å²) in [5.74, 6) is 1.06. The summed E-state index contributed by atoms with van der Waals surface area (Å²) in [7, 11) is 1.76. The first-order chi connectivity index (χ1) is 7.35. The molecule has 6 heteroatoms. The van der Waals surface area contributed by atoms with Crippen LogP contribution in [0.4, 0.5) is 5.95 Å². The van der Waals surface area contributed by atoms with Gasteiger partial charge in [-0.3, -0.25) is 0 Å². The van der Waals surface area contributed by atoms with Gasteiger partial charge < -0.3 is 15.0 Å². The molecule has 0 aliphatic rings. The van der Waals surface area contributed by atoms with Gasteiger partial charge in [0, 0.05) is 7.05 Å². The number of nitrogens with one attached hydrogen (secondary N) is 2. The summed E-state index contributed by atoms with van der Waals surface area (Å²) in [5.41, 5.74) is 1.35. The minimum absolute atomic E-state index is 0.515. The van der Waals surface area contributed by atoms with E-state index in [4.69, 9.17) is 4.74 Å². The van der Waals surface area contributed by atoms with Gasteiger partial charge in [0.15, 0.2) is 5.65 Å². The highest BCUT2D eigenvalue weighted by Gasteiger charge is 2.09. The molecule has 0 fully saturated rings. The molecule has 0 amide bonds. The SMILES string of the molecule is CCCOc1nc(NC)nc2nc[nH]c12. The topological polar surface area (TPSA) is 75.7 Å². The van der Waals surface area contributed by atoms with E-state index in [1.807, 2.05) is 6.92 Å². The van der Waals surface area contributed by atoms with Gasteiger partial charge in [-0.15, -0.1) is 0 Å². The van der Waals surface area contributed by atoms with Crippen LogP contribution in [0.1, 0.15) is 13.3 Å². The van der Waals surface area contributed by atoms with Crippen LogP contribution in [0.5, 0.6) is 5.88 Å². The maximum Gasteiger partial charge on any atom is 0.245 e. The van der Waals surface area contributed by atoms with E-state index in [-0.39, 0.29) is 0 Å². The van der Waals surface area contributed by atoms with Crippen molar-refractivity contribution in [3.8, 4) is 5.88 Å². The second-order valence-corrected chi connectivity index (χ2v) is 3.05. The molecule has 2 N–H and O–H groups in total. The number of imidazole rings is 1. The molecule has 0 spiro atoms. The molecule has 0 aliphatic carbocycles. The molecule has 0 aliphatic heterocycles. The van der Waals surface area contributed by atoms with Gasteiger partial charge in [-0.2, -0.15) is 9.97 Å². The fourth-order valence-corrected chi connectivity index (χ4v) is 1.22. The van der Waals surface area contributed by atoms with Crippen molar-refractivity contribution >= 4 is 17.1 Å². The number of nitrogens with zero attached hydrogens (tertiary/aromatic N) is 3. The van der Waals surface area contributed by atoms with E-state index < -0.39 is 0 Å². The second kappa shape index (κ2) is 4.12. The molecule has 2 heterocycles. The summed E-state index contributed by atoms with van der Waals surface area (Å²) in [6.45, 7) is 2.68. The predicted octanol–water partition coefficient (Wildman–Crippen LogP) is 1.18. The Balaban J connectivity index is 2.43. The van der Waals surface area contributed by atoms with Crippen LogP contribution in [0.2, 0.25) is 0 Å². The minimum Gasteiger partial charge on any atom is -0.476 e. The molecule has 80 valence electrons. The molecule has 0 saturated carbocycles. The van der Waals surface area contributed by atoms with Gasteiger partial charge in [0.2, 0.25) is 11.8 Å². The van der Waals surface area contributed by atoms with Crippen LogP contribution in [-0.4, -0.2) is 33.6 Å². The first-order valence-electron chi connectivity index (χ1n) is 4.86. The molecule has 0 aromatic carbocycles. The number of aromatic amines is 1. The quantitative estimate of drug-likeness (QED) is 0.787. The largest absolute Gasteiger partial charge is 0.476 e. The Morgan fingerprint density at radius 3 is 3.07 bits per heavy atom.